The van der Waals surface area contributed by atoms with Crippen molar-refractivity contribution in [2.75, 3.05) is 11.8 Å². The van der Waals surface area contributed by atoms with Gasteiger partial charge in [-0.2, -0.15) is 0 Å². The minimum absolute atomic E-state index is 0.108. The molecule has 0 heterocycles. The van der Waals surface area contributed by atoms with Crippen LogP contribution in [0.15, 0.2) is 0 Å². The predicted octanol–water partition coefficient (Wildman–Crippen LogP) is 1.79. The van der Waals surface area contributed by atoms with Gasteiger partial charge in [0.15, 0.2) is 0 Å². The number of hydrogen-bond acceptors (Lipinski definition) is 2. The zero-order valence-corrected chi connectivity index (χ0v) is 9.01. The summed E-state index contributed by atoms with van der Waals surface area (Å²) < 4.78 is 0. The maximum absolute atomic E-state index is 11.0. The number of halogens is 2. The largest absolute Gasteiger partial charge is 0.481 e. The van der Waals surface area contributed by atoms with Crippen molar-refractivity contribution in [3.8, 4) is 0 Å². The van der Waals surface area contributed by atoms with Gasteiger partial charge in [-0.05, 0) is 12.8 Å². The van der Waals surface area contributed by atoms with Crippen LogP contribution >= 0.6 is 23.2 Å². The topological polar surface area (TPSA) is 74.6 Å². The van der Waals surface area contributed by atoms with E-state index in [1.807, 2.05) is 0 Å². The van der Waals surface area contributed by atoms with Crippen LogP contribution in [0, 0.1) is 5.41 Å². The lowest BCUT2D eigenvalue weighted by atomic mass is 9.79. The minimum Gasteiger partial charge on any atom is -0.481 e. The Morgan fingerprint density at radius 1 is 1.07 bits per heavy atom. The summed E-state index contributed by atoms with van der Waals surface area (Å²) in [7, 11) is 0. The molecular weight excluding hydrogens is 231 g/mol. The summed E-state index contributed by atoms with van der Waals surface area (Å²) in [5.41, 5.74) is -1.32. The van der Waals surface area contributed by atoms with Crippen molar-refractivity contribution in [2.45, 2.75) is 19.3 Å². The molecule has 6 heteroatoms. The van der Waals surface area contributed by atoms with E-state index in [-0.39, 0.29) is 24.6 Å². The van der Waals surface area contributed by atoms with Gasteiger partial charge in [-0.25, -0.2) is 0 Å². The molecule has 0 saturated carbocycles. The Balaban J connectivity index is 4.73. The third kappa shape index (κ3) is 3.72. The molecule has 0 aliphatic carbocycles. The lowest BCUT2D eigenvalue weighted by molar-refractivity contribution is -0.156. The quantitative estimate of drug-likeness (QED) is 0.668. The van der Waals surface area contributed by atoms with Gasteiger partial charge in [0.05, 0.1) is 11.8 Å². The third-order valence-corrected chi connectivity index (χ3v) is 2.47. The molecule has 0 unspecified atom stereocenters. The van der Waals surface area contributed by atoms with Crippen molar-refractivity contribution in [1.29, 1.82) is 0 Å². The molecule has 0 amide bonds. The van der Waals surface area contributed by atoms with Crippen molar-refractivity contribution in [1.82, 2.24) is 0 Å². The van der Waals surface area contributed by atoms with Gasteiger partial charge in [-0.3, -0.25) is 9.59 Å². The fourth-order valence-electron chi connectivity index (χ4n) is 1.24. The summed E-state index contributed by atoms with van der Waals surface area (Å²) in [5.74, 6) is -2.09. The van der Waals surface area contributed by atoms with Gasteiger partial charge in [0, 0.05) is 11.8 Å². The molecule has 2 N–H and O–H groups in total. The third-order valence-electron chi connectivity index (χ3n) is 2.09. The number of carbonyl (C=O) groups is 2. The van der Waals surface area contributed by atoms with Crippen molar-refractivity contribution in [2.24, 2.45) is 5.41 Å². The fourth-order valence-corrected chi connectivity index (χ4v) is 1.97. The van der Waals surface area contributed by atoms with Gasteiger partial charge in [-0.1, -0.05) is 0 Å². The van der Waals surface area contributed by atoms with E-state index in [4.69, 9.17) is 33.4 Å². The highest BCUT2D eigenvalue weighted by Gasteiger charge is 2.39. The second kappa shape index (κ2) is 6.09. The van der Waals surface area contributed by atoms with E-state index in [9.17, 15) is 9.59 Å². The molecule has 0 fully saturated rings. The first-order chi connectivity index (χ1) is 6.48. The molecule has 0 aliphatic rings. The Morgan fingerprint density at radius 3 is 1.71 bits per heavy atom. The standard InChI is InChI=1S/C8H12Cl2O4/c9-3-1-8(2-4-10,7(13)14)5-6(11)12/h1-5H2,(H,11,12)(H,13,14). The number of rotatable bonds is 7. The van der Waals surface area contributed by atoms with Crippen LogP contribution in [0.3, 0.4) is 0 Å². The van der Waals surface area contributed by atoms with Gasteiger partial charge >= 0.3 is 11.9 Å². The molecule has 0 aliphatic heterocycles. The smallest absolute Gasteiger partial charge is 0.310 e. The molecule has 0 aromatic heterocycles. The van der Waals surface area contributed by atoms with Crippen LogP contribution in [0.25, 0.3) is 0 Å². The molecular formula is C8H12Cl2O4. The Bertz CT molecular complexity index is 211. The SMILES string of the molecule is O=C(O)CC(CCCl)(CCCl)C(=O)O. The van der Waals surface area contributed by atoms with E-state index in [0.717, 1.165) is 0 Å². The second-order valence-corrected chi connectivity index (χ2v) is 3.79. The number of aliphatic carboxylic acids is 2. The highest BCUT2D eigenvalue weighted by molar-refractivity contribution is 6.18. The molecule has 0 rings (SSSR count). The summed E-state index contributed by atoms with van der Waals surface area (Å²) in [6, 6.07) is 0. The monoisotopic (exact) mass is 242 g/mol. The van der Waals surface area contributed by atoms with E-state index in [1.54, 1.807) is 0 Å². The normalized spacial score (nSPS) is 11.3. The number of carboxylic acid groups (broad SMARTS) is 2. The predicted molar refractivity (Wildman–Crippen MR) is 53.0 cm³/mol. The molecule has 0 atom stereocenters. The fraction of sp³-hybridized carbons (Fsp3) is 0.750. The van der Waals surface area contributed by atoms with Gasteiger partial charge in [0.1, 0.15) is 0 Å². The maximum Gasteiger partial charge on any atom is 0.310 e. The molecule has 82 valence electrons. The number of hydrogen-bond donors (Lipinski definition) is 2. The van der Waals surface area contributed by atoms with Crippen LogP contribution in [0.4, 0.5) is 0 Å². The molecule has 14 heavy (non-hydrogen) atoms. The Labute approximate surface area is 91.8 Å². The molecule has 0 radical (unpaired) electrons. The zero-order chi connectivity index (χ0) is 11.2. The van der Waals surface area contributed by atoms with E-state index in [2.05, 4.69) is 0 Å². The van der Waals surface area contributed by atoms with E-state index in [0.29, 0.717) is 0 Å². The highest BCUT2D eigenvalue weighted by atomic mass is 35.5. The van der Waals surface area contributed by atoms with Crippen LogP contribution in [-0.4, -0.2) is 33.9 Å². The lowest BCUT2D eigenvalue weighted by Gasteiger charge is -2.25. The number of alkyl halides is 2. The Kier molecular flexibility index (Phi) is 5.88. The van der Waals surface area contributed by atoms with Crippen molar-refractivity contribution >= 4 is 35.1 Å². The summed E-state index contributed by atoms with van der Waals surface area (Å²) in [6.07, 6.45) is -0.215. The van der Waals surface area contributed by atoms with E-state index >= 15 is 0 Å². The van der Waals surface area contributed by atoms with Gasteiger partial charge < -0.3 is 10.2 Å². The summed E-state index contributed by atoms with van der Waals surface area (Å²) in [4.78, 5) is 21.5. The van der Waals surface area contributed by atoms with Gasteiger partial charge in [0.2, 0.25) is 0 Å². The highest BCUT2D eigenvalue weighted by Crippen LogP contribution is 2.32. The second-order valence-electron chi connectivity index (χ2n) is 3.03. The molecule has 0 saturated heterocycles. The van der Waals surface area contributed by atoms with Crippen molar-refractivity contribution in [3.05, 3.63) is 0 Å². The molecule has 4 nitrogen and oxygen atoms in total. The summed E-state index contributed by atoms with van der Waals surface area (Å²) in [6.45, 7) is 0. The van der Waals surface area contributed by atoms with Crippen LogP contribution < -0.4 is 0 Å². The lowest BCUT2D eigenvalue weighted by Crippen LogP contribution is -2.34. The Morgan fingerprint density at radius 2 is 1.50 bits per heavy atom. The van der Waals surface area contributed by atoms with Crippen LogP contribution in [0.1, 0.15) is 19.3 Å². The van der Waals surface area contributed by atoms with Crippen LogP contribution in [0.2, 0.25) is 0 Å². The molecule has 0 aromatic carbocycles. The molecule has 0 aromatic rings. The first kappa shape index (κ1) is 13.5. The van der Waals surface area contributed by atoms with Crippen LogP contribution in [-0.2, 0) is 9.59 Å². The average molecular weight is 243 g/mol. The summed E-state index contributed by atoms with van der Waals surface area (Å²) in [5, 5.41) is 17.6. The Hall–Kier alpha value is -0.480. The summed E-state index contributed by atoms with van der Waals surface area (Å²) >= 11 is 10.9. The maximum atomic E-state index is 11.0. The van der Waals surface area contributed by atoms with Crippen LogP contribution in [0.5, 0.6) is 0 Å². The number of carboxylic acids is 2. The average Bonchev–Trinajstić information content (AvgIpc) is 2.03. The molecule has 0 bridgehead atoms. The zero-order valence-electron chi connectivity index (χ0n) is 7.50. The van der Waals surface area contributed by atoms with Crippen molar-refractivity contribution < 1.29 is 19.8 Å². The van der Waals surface area contributed by atoms with E-state index < -0.39 is 23.8 Å². The van der Waals surface area contributed by atoms with Gasteiger partial charge in [0.25, 0.3) is 0 Å². The van der Waals surface area contributed by atoms with E-state index in [1.165, 1.54) is 0 Å². The van der Waals surface area contributed by atoms with Gasteiger partial charge in [-0.15, -0.1) is 23.2 Å². The first-order valence-electron chi connectivity index (χ1n) is 4.05. The molecule has 0 spiro atoms. The van der Waals surface area contributed by atoms with Crippen molar-refractivity contribution in [3.63, 3.8) is 0 Å². The first-order valence-corrected chi connectivity index (χ1v) is 5.12. The minimum atomic E-state index is -1.32.